The van der Waals surface area contributed by atoms with Crippen molar-refractivity contribution in [2.75, 3.05) is 13.2 Å². The van der Waals surface area contributed by atoms with Gasteiger partial charge in [-0.1, -0.05) is 24.4 Å². The number of thioether (sulfide) groups is 1. The van der Waals surface area contributed by atoms with Crippen molar-refractivity contribution in [2.24, 2.45) is 5.92 Å². The maximum Gasteiger partial charge on any atom is 0.356 e. The lowest BCUT2D eigenvalue weighted by Crippen LogP contribution is -2.34. The molecule has 2 fully saturated rings. The summed E-state index contributed by atoms with van der Waals surface area (Å²) in [4.78, 5) is 38.0. The van der Waals surface area contributed by atoms with Crippen LogP contribution in [0.1, 0.15) is 19.3 Å². The fourth-order valence-corrected chi connectivity index (χ4v) is 4.62. The Bertz CT molecular complexity index is 595. The number of hydrogen-bond acceptors (Lipinski definition) is 6. The smallest absolute Gasteiger partial charge is 0.356 e. The van der Waals surface area contributed by atoms with Crippen molar-refractivity contribution in [1.82, 2.24) is 4.90 Å². The van der Waals surface area contributed by atoms with Gasteiger partial charge in [-0.25, -0.2) is 4.79 Å². The molecule has 1 N–H and O–H groups in total. The Morgan fingerprint density at radius 1 is 1.52 bits per heavy atom. The van der Waals surface area contributed by atoms with Gasteiger partial charge in [0.25, 0.3) is 0 Å². The number of ether oxygens (including phenoxy) is 2. The number of carboxylic acid groups (broad SMARTS) is 1. The van der Waals surface area contributed by atoms with Gasteiger partial charge in [-0.3, -0.25) is 14.5 Å². The summed E-state index contributed by atoms with van der Waals surface area (Å²) in [5.74, 6) is -2.88. The predicted octanol–water partition coefficient (Wildman–Crippen LogP) is 1.11. The van der Waals surface area contributed by atoms with Gasteiger partial charge in [-0.2, -0.15) is 0 Å². The van der Waals surface area contributed by atoms with Crippen LogP contribution in [0, 0.1) is 5.92 Å². The lowest BCUT2D eigenvalue weighted by atomic mass is 10.1. The third-order valence-corrected chi connectivity index (χ3v) is 5.54. The molecule has 0 aromatic carbocycles. The first-order valence-corrected chi connectivity index (χ1v) is 8.28. The highest BCUT2D eigenvalue weighted by molar-refractivity contribution is 8.04. The van der Waals surface area contributed by atoms with E-state index < -0.39 is 23.2 Å². The molecule has 0 aliphatic carbocycles. The van der Waals surface area contributed by atoms with E-state index in [1.54, 1.807) is 0 Å². The SMILES string of the molecule is C=CCOC(=O)C1=C([C@H]2CCCO2)S[C@@H]2[C@@H](C(=O)O)CC(=O)N12. The number of nitrogens with zero attached hydrogens (tertiary/aromatic N) is 1. The van der Waals surface area contributed by atoms with Gasteiger partial charge in [-0.05, 0) is 12.8 Å². The van der Waals surface area contributed by atoms with Gasteiger partial charge in [0.2, 0.25) is 5.91 Å². The minimum Gasteiger partial charge on any atom is -0.481 e. The van der Waals surface area contributed by atoms with E-state index in [9.17, 15) is 19.5 Å². The molecule has 3 rings (SSSR count). The third kappa shape index (κ3) is 2.76. The summed E-state index contributed by atoms with van der Waals surface area (Å²) >= 11 is 1.24. The minimum absolute atomic E-state index is 0.0286. The Hall–Kier alpha value is -1.80. The summed E-state index contributed by atoms with van der Waals surface area (Å²) in [7, 11) is 0. The number of hydrogen-bond donors (Lipinski definition) is 1. The molecule has 0 bridgehead atoms. The van der Waals surface area contributed by atoms with Crippen LogP contribution in [0.4, 0.5) is 0 Å². The standard InChI is InChI=1S/C15H17NO6S/c1-2-5-22-15(20)11-12(9-4-3-6-21-9)23-13-8(14(18)19)7-10(17)16(11)13/h2,8-9,13H,1,3-7H2,(H,18,19)/t8-,9+,13+/m0/s1. The molecule has 0 aromatic heterocycles. The van der Waals surface area contributed by atoms with Crippen molar-refractivity contribution in [3.63, 3.8) is 0 Å². The normalized spacial score (nSPS) is 29.8. The van der Waals surface area contributed by atoms with E-state index in [0.29, 0.717) is 11.5 Å². The molecule has 3 aliphatic heterocycles. The number of carbonyl (C=O) groups excluding carboxylic acids is 2. The van der Waals surface area contributed by atoms with Crippen molar-refractivity contribution < 1.29 is 29.0 Å². The van der Waals surface area contributed by atoms with E-state index in [0.717, 1.165) is 12.8 Å². The second-order valence-corrected chi connectivity index (χ2v) is 6.68. The molecule has 124 valence electrons. The average molecular weight is 339 g/mol. The zero-order chi connectivity index (χ0) is 16.6. The number of carboxylic acids is 1. The predicted molar refractivity (Wildman–Crippen MR) is 81.1 cm³/mol. The summed E-state index contributed by atoms with van der Waals surface area (Å²) in [5.41, 5.74) is 0.141. The molecular weight excluding hydrogens is 322 g/mol. The molecule has 1 amide bonds. The van der Waals surface area contributed by atoms with Gasteiger partial charge in [0.1, 0.15) is 17.7 Å². The van der Waals surface area contributed by atoms with Crippen molar-refractivity contribution in [1.29, 1.82) is 0 Å². The van der Waals surface area contributed by atoms with Crippen LogP contribution in [0.2, 0.25) is 0 Å². The Morgan fingerprint density at radius 3 is 2.91 bits per heavy atom. The molecule has 3 aliphatic rings. The number of rotatable bonds is 5. The maximum absolute atomic E-state index is 12.4. The Kier molecular flexibility index (Phi) is 4.45. The van der Waals surface area contributed by atoms with Crippen LogP contribution in [0.15, 0.2) is 23.3 Å². The van der Waals surface area contributed by atoms with E-state index in [-0.39, 0.29) is 30.7 Å². The minimum atomic E-state index is -1.04. The molecule has 3 heterocycles. The summed E-state index contributed by atoms with van der Waals surface area (Å²) in [5, 5.41) is 8.72. The molecule has 0 spiro atoms. The molecule has 0 aromatic rings. The van der Waals surface area contributed by atoms with Crippen LogP contribution in [0.25, 0.3) is 0 Å². The van der Waals surface area contributed by atoms with Gasteiger partial charge in [0, 0.05) is 17.9 Å². The Labute approximate surface area is 137 Å². The van der Waals surface area contributed by atoms with Gasteiger partial charge >= 0.3 is 11.9 Å². The fraction of sp³-hybridized carbons (Fsp3) is 0.533. The molecule has 23 heavy (non-hydrogen) atoms. The lowest BCUT2D eigenvalue weighted by molar-refractivity contribution is -0.143. The number of aliphatic carboxylic acids is 1. The lowest BCUT2D eigenvalue weighted by Gasteiger charge is -2.19. The largest absolute Gasteiger partial charge is 0.481 e. The number of fused-ring (bicyclic) bond motifs is 1. The third-order valence-electron chi connectivity index (χ3n) is 4.05. The van der Waals surface area contributed by atoms with Crippen LogP contribution in [0.5, 0.6) is 0 Å². The first-order chi connectivity index (χ1) is 11.0. The average Bonchev–Trinajstić information content (AvgIpc) is 3.20. The topological polar surface area (TPSA) is 93.1 Å². The summed E-state index contributed by atoms with van der Waals surface area (Å²) in [6.45, 7) is 4.11. The summed E-state index contributed by atoms with van der Waals surface area (Å²) in [6, 6.07) is 0. The monoisotopic (exact) mass is 339 g/mol. The van der Waals surface area contributed by atoms with E-state index in [2.05, 4.69) is 6.58 Å². The van der Waals surface area contributed by atoms with Crippen LogP contribution in [0.3, 0.4) is 0 Å². The Balaban J connectivity index is 1.95. The van der Waals surface area contributed by atoms with Crippen LogP contribution in [-0.4, -0.2) is 52.5 Å². The second-order valence-electron chi connectivity index (χ2n) is 5.52. The highest BCUT2D eigenvalue weighted by Crippen LogP contribution is 2.50. The van der Waals surface area contributed by atoms with Gasteiger partial charge in [0.15, 0.2) is 0 Å². The molecule has 3 atom stereocenters. The summed E-state index contributed by atoms with van der Waals surface area (Å²) in [6.07, 6.45) is 2.66. The molecule has 7 nitrogen and oxygen atoms in total. The molecular formula is C15H17NO6S. The van der Waals surface area contributed by atoms with Crippen LogP contribution in [-0.2, 0) is 23.9 Å². The molecule has 0 radical (unpaired) electrons. The molecule has 2 saturated heterocycles. The number of carbonyl (C=O) groups is 3. The highest BCUT2D eigenvalue weighted by atomic mass is 32.2. The zero-order valence-corrected chi connectivity index (χ0v) is 13.2. The number of amides is 1. The van der Waals surface area contributed by atoms with Crippen molar-refractivity contribution in [3.8, 4) is 0 Å². The quantitative estimate of drug-likeness (QED) is 0.592. The van der Waals surface area contributed by atoms with Gasteiger partial charge < -0.3 is 14.6 Å². The van der Waals surface area contributed by atoms with E-state index in [1.807, 2.05) is 0 Å². The van der Waals surface area contributed by atoms with E-state index in [4.69, 9.17) is 9.47 Å². The van der Waals surface area contributed by atoms with Crippen molar-refractivity contribution in [3.05, 3.63) is 23.3 Å². The van der Waals surface area contributed by atoms with Crippen molar-refractivity contribution >= 4 is 29.6 Å². The molecule has 8 heteroatoms. The summed E-state index contributed by atoms with van der Waals surface area (Å²) < 4.78 is 10.7. The van der Waals surface area contributed by atoms with Crippen LogP contribution < -0.4 is 0 Å². The zero-order valence-electron chi connectivity index (χ0n) is 12.4. The van der Waals surface area contributed by atoms with E-state index >= 15 is 0 Å². The first-order valence-electron chi connectivity index (χ1n) is 7.40. The highest BCUT2D eigenvalue weighted by Gasteiger charge is 2.54. The Morgan fingerprint density at radius 2 is 2.30 bits per heavy atom. The van der Waals surface area contributed by atoms with Crippen LogP contribution >= 0.6 is 11.8 Å². The van der Waals surface area contributed by atoms with E-state index in [1.165, 1.54) is 22.7 Å². The molecule has 0 saturated carbocycles. The second kappa shape index (κ2) is 6.37. The van der Waals surface area contributed by atoms with Gasteiger partial charge in [-0.15, -0.1) is 0 Å². The fourth-order valence-electron chi connectivity index (χ4n) is 3.02. The first kappa shape index (κ1) is 16.1. The van der Waals surface area contributed by atoms with Gasteiger partial charge in [0.05, 0.1) is 12.0 Å². The maximum atomic E-state index is 12.4. The van der Waals surface area contributed by atoms with Crippen molar-refractivity contribution in [2.45, 2.75) is 30.7 Å². The molecule has 0 unspecified atom stereocenters. The number of esters is 1.